The number of benzene rings is 1. The van der Waals surface area contributed by atoms with E-state index in [2.05, 4.69) is 26.2 Å². The van der Waals surface area contributed by atoms with Gasteiger partial charge in [0.15, 0.2) is 0 Å². The van der Waals surface area contributed by atoms with Crippen molar-refractivity contribution >= 4 is 49.4 Å². The first kappa shape index (κ1) is 14.0. The number of non-ortho nitro benzene ring substituents is 1. The fourth-order valence-electron chi connectivity index (χ4n) is 2.12. The lowest BCUT2D eigenvalue weighted by Crippen LogP contribution is -1.99. The van der Waals surface area contributed by atoms with Crippen LogP contribution in [0.3, 0.4) is 0 Å². The van der Waals surface area contributed by atoms with E-state index in [1.165, 1.54) is 17.1 Å². The number of aromatic nitrogens is 1. The topological polar surface area (TPSA) is 68.1 Å². The lowest BCUT2D eigenvalue weighted by Gasteiger charge is -2.09. The highest BCUT2D eigenvalue weighted by atomic mass is 79.9. The Bertz CT molecular complexity index is 819. The van der Waals surface area contributed by atoms with Gasteiger partial charge in [0.05, 0.1) is 10.3 Å². The average molecular weight is 364 g/mol. The lowest BCUT2D eigenvalue weighted by molar-refractivity contribution is -0.383. The van der Waals surface area contributed by atoms with Crippen molar-refractivity contribution in [2.75, 3.05) is 5.32 Å². The number of halogens is 1. The smallest absolute Gasteiger partial charge is 0.278 e. The Morgan fingerprint density at radius 3 is 2.90 bits per heavy atom. The molecule has 7 heteroatoms. The van der Waals surface area contributed by atoms with Gasteiger partial charge in [-0.25, -0.2) is 0 Å². The van der Waals surface area contributed by atoms with Crippen molar-refractivity contribution in [1.29, 1.82) is 0 Å². The standard InChI is InChI=1S/C14H10BrN3O2S/c15-9-5-10(21-8-9)6-17-13-1-2-14(18(19)20)12-7-16-4-3-11(12)13/h1-5,7-8,17H,6H2. The fraction of sp³-hybridized carbons (Fsp3) is 0.0714. The Balaban J connectivity index is 1.96. The van der Waals surface area contributed by atoms with Crippen molar-refractivity contribution in [1.82, 2.24) is 4.98 Å². The monoisotopic (exact) mass is 363 g/mol. The zero-order valence-corrected chi connectivity index (χ0v) is 13.1. The summed E-state index contributed by atoms with van der Waals surface area (Å²) in [6.45, 7) is 0.672. The largest absolute Gasteiger partial charge is 0.380 e. The van der Waals surface area contributed by atoms with Crippen LogP contribution in [0.1, 0.15) is 4.88 Å². The maximum Gasteiger partial charge on any atom is 0.278 e. The summed E-state index contributed by atoms with van der Waals surface area (Å²) in [7, 11) is 0. The molecule has 0 saturated heterocycles. The van der Waals surface area contributed by atoms with E-state index < -0.39 is 0 Å². The van der Waals surface area contributed by atoms with Gasteiger partial charge in [0.25, 0.3) is 5.69 Å². The van der Waals surface area contributed by atoms with Gasteiger partial charge in [0.1, 0.15) is 0 Å². The van der Waals surface area contributed by atoms with Crippen LogP contribution in [-0.4, -0.2) is 9.91 Å². The Kier molecular flexibility index (Phi) is 3.85. The number of nitro groups is 1. The number of pyridine rings is 1. The number of hydrogen-bond acceptors (Lipinski definition) is 5. The number of anilines is 1. The third kappa shape index (κ3) is 2.88. The molecule has 2 heterocycles. The second-order valence-electron chi connectivity index (χ2n) is 4.40. The van der Waals surface area contributed by atoms with E-state index in [0.29, 0.717) is 11.9 Å². The van der Waals surface area contributed by atoms with E-state index in [1.807, 2.05) is 11.4 Å². The van der Waals surface area contributed by atoms with Gasteiger partial charge in [-0.15, -0.1) is 11.3 Å². The predicted octanol–water partition coefficient (Wildman–Crippen LogP) is 4.58. The van der Waals surface area contributed by atoms with Gasteiger partial charge < -0.3 is 5.32 Å². The molecule has 0 aliphatic carbocycles. The zero-order chi connectivity index (χ0) is 14.8. The van der Waals surface area contributed by atoms with E-state index in [1.54, 1.807) is 29.7 Å². The maximum atomic E-state index is 11.1. The quantitative estimate of drug-likeness (QED) is 0.544. The van der Waals surface area contributed by atoms with Gasteiger partial charge >= 0.3 is 0 Å². The van der Waals surface area contributed by atoms with Crippen LogP contribution in [0.2, 0.25) is 0 Å². The molecule has 21 heavy (non-hydrogen) atoms. The van der Waals surface area contributed by atoms with E-state index in [4.69, 9.17) is 0 Å². The highest BCUT2D eigenvalue weighted by Crippen LogP contribution is 2.31. The molecule has 0 unspecified atom stereocenters. The summed E-state index contributed by atoms with van der Waals surface area (Å²) in [6, 6.07) is 7.08. The summed E-state index contributed by atoms with van der Waals surface area (Å²) in [5, 5.41) is 17.7. The molecular weight excluding hydrogens is 354 g/mol. The van der Waals surface area contributed by atoms with Crippen LogP contribution >= 0.6 is 27.3 Å². The summed E-state index contributed by atoms with van der Waals surface area (Å²) in [5.74, 6) is 0. The van der Waals surface area contributed by atoms with Gasteiger partial charge in [-0.05, 0) is 34.1 Å². The van der Waals surface area contributed by atoms with Gasteiger partial charge in [-0.3, -0.25) is 15.1 Å². The summed E-state index contributed by atoms with van der Waals surface area (Å²) in [5.41, 5.74) is 0.935. The normalized spacial score (nSPS) is 10.7. The summed E-state index contributed by atoms with van der Waals surface area (Å²) in [4.78, 5) is 15.8. The molecule has 0 amide bonds. The molecule has 106 valence electrons. The summed E-state index contributed by atoms with van der Waals surface area (Å²) < 4.78 is 1.06. The highest BCUT2D eigenvalue weighted by molar-refractivity contribution is 9.10. The van der Waals surface area contributed by atoms with Gasteiger partial charge in [-0.2, -0.15) is 0 Å². The van der Waals surface area contributed by atoms with Crippen LogP contribution in [-0.2, 0) is 6.54 Å². The number of thiophene rings is 1. The molecule has 0 bridgehead atoms. The molecule has 2 aromatic heterocycles. The minimum Gasteiger partial charge on any atom is -0.380 e. The molecule has 0 fully saturated rings. The van der Waals surface area contributed by atoms with E-state index in [9.17, 15) is 10.1 Å². The molecule has 0 saturated carbocycles. The number of rotatable bonds is 4. The van der Waals surface area contributed by atoms with Crippen molar-refractivity contribution in [2.45, 2.75) is 6.54 Å². The van der Waals surface area contributed by atoms with Crippen LogP contribution in [0.4, 0.5) is 11.4 Å². The Labute approximate surface area is 132 Å². The number of fused-ring (bicyclic) bond motifs is 1. The number of nitro benzene ring substituents is 1. The molecule has 3 rings (SSSR count). The van der Waals surface area contributed by atoms with Gasteiger partial charge in [0, 0.05) is 50.8 Å². The van der Waals surface area contributed by atoms with Crippen molar-refractivity contribution in [3.8, 4) is 0 Å². The molecule has 0 spiro atoms. The molecule has 0 radical (unpaired) electrons. The van der Waals surface area contributed by atoms with Crippen LogP contribution in [0.25, 0.3) is 10.8 Å². The van der Waals surface area contributed by atoms with Crippen molar-refractivity contribution in [3.05, 3.63) is 61.5 Å². The Morgan fingerprint density at radius 1 is 1.33 bits per heavy atom. The Morgan fingerprint density at radius 2 is 2.19 bits per heavy atom. The van der Waals surface area contributed by atoms with Crippen molar-refractivity contribution in [2.24, 2.45) is 0 Å². The van der Waals surface area contributed by atoms with E-state index in [-0.39, 0.29) is 10.6 Å². The second kappa shape index (κ2) is 5.79. The number of hydrogen-bond donors (Lipinski definition) is 1. The summed E-state index contributed by atoms with van der Waals surface area (Å²) in [6.07, 6.45) is 3.17. The van der Waals surface area contributed by atoms with Crippen molar-refractivity contribution < 1.29 is 4.92 Å². The van der Waals surface area contributed by atoms with E-state index >= 15 is 0 Å². The zero-order valence-electron chi connectivity index (χ0n) is 10.7. The molecule has 1 aromatic carbocycles. The van der Waals surface area contributed by atoms with E-state index in [0.717, 1.165) is 15.5 Å². The third-order valence-electron chi connectivity index (χ3n) is 3.07. The molecular formula is C14H10BrN3O2S. The van der Waals surface area contributed by atoms with Crippen LogP contribution < -0.4 is 5.32 Å². The average Bonchev–Trinajstić information content (AvgIpc) is 2.90. The first-order valence-electron chi connectivity index (χ1n) is 6.13. The maximum absolute atomic E-state index is 11.1. The molecule has 3 aromatic rings. The summed E-state index contributed by atoms with van der Waals surface area (Å²) >= 11 is 5.08. The molecule has 0 atom stereocenters. The Hall–Kier alpha value is -1.99. The van der Waals surface area contributed by atoms with Gasteiger partial charge in [0.2, 0.25) is 0 Å². The minimum absolute atomic E-state index is 0.0718. The third-order valence-corrected chi connectivity index (χ3v) is 4.76. The van der Waals surface area contributed by atoms with Crippen LogP contribution in [0.15, 0.2) is 46.5 Å². The highest BCUT2D eigenvalue weighted by Gasteiger charge is 2.14. The first-order valence-corrected chi connectivity index (χ1v) is 7.80. The number of nitrogens with one attached hydrogen (secondary N) is 1. The molecule has 0 aliphatic rings. The fourth-order valence-corrected chi connectivity index (χ4v) is 3.51. The van der Waals surface area contributed by atoms with Crippen molar-refractivity contribution in [3.63, 3.8) is 0 Å². The predicted molar refractivity (Wildman–Crippen MR) is 87.7 cm³/mol. The van der Waals surface area contributed by atoms with Crippen LogP contribution in [0.5, 0.6) is 0 Å². The first-order chi connectivity index (χ1) is 10.1. The van der Waals surface area contributed by atoms with Gasteiger partial charge in [-0.1, -0.05) is 0 Å². The number of nitrogens with zero attached hydrogens (tertiary/aromatic N) is 2. The minimum atomic E-state index is -0.385. The second-order valence-corrected chi connectivity index (χ2v) is 6.31. The lowest BCUT2D eigenvalue weighted by atomic mass is 10.1. The molecule has 0 aliphatic heterocycles. The SMILES string of the molecule is O=[N+]([O-])c1ccc(NCc2cc(Br)cs2)c2ccncc12. The van der Waals surface area contributed by atoms with Crippen LogP contribution in [0, 0.1) is 10.1 Å². The molecule has 1 N–H and O–H groups in total. The molecule has 5 nitrogen and oxygen atoms in total.